The third kappa shape index (κ3) is 20.4. The van der Waals surface area contributed by atoms with Gasteiger partial charge in [0.1, 0.15) is 0 Å². The van der Waals surface area contributed by atoms with Crippen LogP contribution in [-0.2, 0) is 40.8 Å². The van der Waals surface area contributed by atoms with Gasteiger partial charge in [0, 0.05) is 64.8 Å². The molecule has 0 heterocycles. The van der Waals surface area contributed by atoms with E-state index in [4.69, 9.17) is 0 Å². The topological polar surface area (TPSA) is 83.3 Å². The third-order valence-electron chi connectivity index (χ3n) is 11.6. The molecule has 0 aromatic heterocycles. The van der Waals surface area contributed by atoms with Crippen LogP contribution in [0.4, 0.5) is 5.69 Å². The summed E-state index contributed by atoms with van der Waals surface area (Å²) < 4.78 is 0. The van der Waals surface area contributed by atoms with E-state index >= 15 is 0 Å². The maximum atomic E-state index is 10.6. The first-order valence-electron chi connectivity index (χ1n) is 23.5. The van der Waals surface area contributed by atoms with Crippen LogP contribution in [0.15, 0.2) is 291 Å². The van der Waals surface area contributed by atoms with Gasteiger partial charge in [-0.3, -0.25) is 10.1 Å². The Morgan fingerprint density at radius 2 is 0.487 bits per heavy atom. The largest absolute Gasteiger partial charge is 1.00 e. The Labute approximate surface area is 516 Å². The summed E-state index contributed by atoms with van der Waals surface area (Å²) in [6.45, 7) is 0. The van der Waals surface area contributed by atoms with Crippen molar-refractivity contribution in [2.75, 3.05) is 11.8 Å². The van der Waals surface area contributed by atoms with Gasteiger partial charge in [-0.1, -0.05) is 267 Å². The Morgan fingerprint density at radius 1 is 0.308 bits per heavy atom. The molecule has 0 saturated carbocycles. The molecule has 10 aromatic carbocycles. The number of carboxylic acid groups (broad SMARTS) is 1. The molecule has 0 atom stereocenters. The summed E-state index contributed by atoms with van der Waals surface area (Å²) in [7, 11) is -1.63. The van der Waals surface area contributed by atoms with E-state index in [0.717, 1.165) is 11.1 Å². The Kier molecular flexibility index (Phi) is 33.1. The summed E-state index contributed by atoms with van der Waals surface area (Å²) in [5.41, 5.74) is 1.69. The average molecular weight is 1530 g/mol. The molecule has 0 aliphatic rings. The predicted molar refractivity (Wildman–Crippen MR) is 309 cm³/mol. The normalized spacial score (nSPS) is 9.95. The average Bonchev–Trinajstić information content (AvgIpc) is 3.46. The Hall–Kier alpha value is -4.73. The molecular formula is C63H52Cl4NO4P4Re2-5. The summed E-state index contributed by atoms with van der Waals surface area (Å²) in [5.74, 6) is 1.12. The van der Waals surface area contributed by atoms with Crippen molar-refractivity contribution in [1.82, 2.24) is 0 Å². The van der Waals surface area contributed by atoms with Crippen LogP contribution in [0.1, 0.15) is 10.4 Å². The number of nitro benzene ring substituents is 1. The third-order valence-corrected chi connectivity index (χ3v) is 23.5. The number of carboxylic acids is 1. The van der Waals surface area contributed by atoms with Gasteiger partial charge in [0.2, 0.25) is 0 Å². The molecule has 0 unspecified atom stereocenters. The first-order valence-corrected chi connectivity index (χ1v) is 29.6. The molecule has 78 heavy (non-hydrogen) atoms. The van der Waals surface area contributed by atoms with Gasteiger partial charge >= 0.3 is 0 Å². The second-order valence-corrected chi connectivity index (χ2v) is 26.2. The summed E-state index contributed by atoms with van der Waals surface area (Å²) in [6.07, 6.45) is 0. The molecule has 0 aliphatic carbocycles. The molecule has 10 aromatic rings. The zero-order chi connectivity index (χ0) is 49.7. The fourth-order valence-corrected chi connectivity index (χ4v) is 20.9. The van der Waals surface area contributed by atoms with E-state index in [9.17, 15) is 20.0 Å². The number of carbonyl (C=O) groups excluding carboxylic acids is 1. The number of carbonyl (C=O) groups is 1. The van der Waals surface area contributed by atoms with Crippen LogP contribution in [0.2, 0.25) is 0 Å². The van der Waals surface area contributed by atoms with E-state index in [1.165, 1.54) is 78.5 Å². The maximum absolute atomic E-state index is 10.6. The summed E-state index contributed by atoms with van der Waals surface area (Å²) in [5, 5.41) is 32.7. The van der Waals surface area contributed by atoms with Crippen LogP contribution in [0.3, 0.4) is 0 Å². The fraction of sp³-hybridized carbons (Fsp3) is 0.0317. The smallest absolute Gasteiger partial charge is 0.269 e. The molecule has 400 valence electrons. The molecule has 0 N–H and O–H groups in total. The number of benzene rings is 10. The Morgan fingerprint density at radius 3 is 0.654 bits per heavy atom. The second kappa shape index (κ2) is 37.3. The van der Waals surface area contributed by atoms with Crippen molar-refractivity contribution in [3.05, 3.63) is 307 Å². The zero-order valence-electron chi connectivity index (χ0n) is 41.8. The molecule has 10 rings (SSSR count). The number of hydrogen-bond acceptors (Lipinski definition) is 4. The molecule has 0 saturated heterocycles. The minimum Gasteiger partial charge on any atom is -1.00 e. The van der Waals surface area contributed by atoms with Crippen molar-refractivity contribution in [3.63, 3.8) is 0 Å². The van der Waals surface area contributed by atoms with E-state index < -0.39 is 42.6 Å². The molecule has 0 aliphatic heterocycles. The number of nitrogens with zero attached hydrogens (tertiary/aromatic N) is 1. The number of non-ortho nitro benzene ring substituents is 1. The van der Waals surface area contributed by atoms with Crippen molar-refractivity contribution in [3.8, 4) is 11.1 Å². The minimum absolute atomic E-state index is 0. The van der Waals surface area contributed by atoms with Crippen molar-refractivity contribution in [2.45, 2.75) is 0 Å². The van der Waals surface area contributed by atoms with Gasteiger partial charge in [-0.05, 0) is 103 Å². The van der Waals surface area contributed by atoms with Crippen LogP contribution < -0.4 is 97.2 Å². The van der Waals surface area contributed by atoms with E-state index in [2.05, 4.69) is 243 Å². The second-order valence-electron chi connectivity index (χ2n) is 16.3. The molecule has 0 bridgehead atoms. The first kappa shape index (κ1) is 69.4. The van der Waals surface area contributed by atoms with Gasteiger partial charge in [-0.15, -0.1) is 0 Å². The van der Waals surface area contributed by atoms with E-state index in [1.807, 2.05) is 0 Å². The van der Waals surface area contributed by atoms with Gasteiger partial charge < -0.3 is 59.5 Å². The standard InChI is InChI=1S/2C25H22P2.C13H9NO4.4ClH.2Re/c2*1-5-13-22(14-6-1)26(23-15-7-2-8-16-23)21-27(24-17-9-3-10-18-24)25-19-11-4-12-20-25;15-13(16)11-3-1-9(2-4-11)10-5-7-12(8-6-10)14(17)18;;;;;;/h2*1-20H,21H2;1-8H,(H,15,16);4*1H;;/p-5. The molecule has 0 spiro atoms. The van der Waals surface area contributed by atoms with E-state index in [0.29, 0.717) is 0 Å². The molecule has 0 fully saturated rings. The minimum atomic E-state index is -1.23. The van der Waals surface area contributed by atoms with Crippen molar-refractivity contribution < 1.29 is 105 Å². The molecule has 5 nitrogen and oxygen atoms in total. The van der Waals surface area contributed by atoms with Crippen molar-refractivity contribution in [2.24, 2.45) is 0 Å². The number of nitro groups is 1. The van der Waals surface area contributed by atoms with Gasteiger partial charge in [0.15, 0.2) is 0 Å². The molecule has 15 heteroatoms. The van der Waals surface area contributed by atoms with Crippen molar-refractivity contribution >= 4 is 85.8 Å². The number of rotatable bonds is 15. The van der Waals surface area contributed by atoms with Crippen LogP contribution in [0, 0.1) is 10.1 Å². The predicted octanol–water partition coefficient (Wildman–Crippen LogP) is 0.0557. The van der Waals surface area contributed by atoms with E-state index in [1.54, 1.807) is 24.3 Å². The van der Waals surface area contributed by atoms with Crippen LogP contribution in [0.25, 0.3) is 11.1 Å². The number of halogens is 4. The monoisotopic (exact) mass is 1520 g/mol. The van der Waals surface area contributed by atoms with Crippen LogP contribution >= 0.6 is 31.7 Å². The quantitative estimate of drug-likeness (QED) is 0.0828. The van der Waals surface area contributed by atoms with Gasteiger partial charge in [0.25, 0.3) is 5.69 Å². The Bertz CT molecular complexity index is 2660. The summed E-state index contributed by atoms with van der Waals surface area (Å²) in [6, 6.07) is 100. The first-order chi connectivity index (χ1) is 35.4. The van der Waals surface area contributed by atoms with Crippen molar-refractivity contribution in [1.29, 1.82) is 0 Å². The zero-order valence-corrected chi connectivity index (χ0v) is 53.8. The molecular weight excluding hydrogens is 1470 g/mol. The number of hydrogen-bond donors (Lipinski definition) is 0. The van der Waals surface area contributed by atoms with E-state index in [-0.39, 0.29) is 102 Å². The maximum Gasteiger partial charge on any atom is 0.269 e. The SMILES string of the molecule is O=C([O-])c1ccc(-c2ccc([N+](=O)[O-])cc2)cc1.[Cl-].[Cl-].[Cl-].[Cl-].[Re].[Re].c1ccc(P(CP(c2ccccc2)c2ccccc2)c2ccccc2)cc1.c1ccc(P(CP(c2ccccc2)c2ccccc2)c2ccccc2)cc1. The fourth-order valence-electron chi connectivity index (χ4n) is 7.97. The molecule has 0 amide bonds. The van der Waals surface area contributed by atoms with Gasteiger partial charge in [-0.25, -0.2) is 0 Å². The van der Waals surface area contributed by atoms with Gasteiger partial charge in [0.05, 0.1) is 10.9 Å². The summed E-state index contributed by atoms with van der Waals surface area (Å²) in [4.78, 5) is 20.6. The van der Waals surface area contributed by atoms with Crippen LogP contribution in [-0.4, -0.2) is 22.7 Å². The van der Waals surface area contributed by atoms with Crippen LogP contribution in [0.5, 0.6) is 0 Å². The molecule has 2 radical (unpaired) electrons. The summed E-state index contributed by atoms with van der Waals surface area (Å²) >= 11 is 0. The number of aromatic carboxylic acids is 1. The van der Waals surface area contributed by atoms with Gasteiger partial charge in [-0.2, -0.15) is 0 Å². The Balaban J connectivity index is 0.000000393.